The van der Waals surface area contributed by atoms with Crippen molar-refractivity contribution >= 4 is 41.4 Å². The minimum atomic E-state index is 0. The van der Waals surface area contributed by atoms with Gasteiger partial charge in [-0.1, -0.05) is 169 Å². The van der Waals surface area contributed by atoms with E-state index in [9.17, 15) is 0 Å². The molecule has 220 valence electrons. The van der Waals surface area contributed by atoms with Crippen molar-refractivity contribution < 1.29 is 26.2 Å². The van der Waals surface area contributed by atoms with Crippen LogP contribution in [0.3, 0.4) is 0 Å². The van der Waals surface area contributed by atoms with Gasteiger partial charge in [-0.15, -0.1) is 69.1 Å². The zero-order chi connectivity index (χ0) is 30.8. The van der Waals surface area contributed by atoms with Crippen LogP contribution in [0.15, 0.2) is 182 Å². The van der Waals surface area contributed by atoms with E-state index >= 15 is 0 Å². The fraction of sp³-hybridized carbons (Fsp3) is 0.0455. The first-order chi connectivity index (χ1) is 22.1. The maximum atomic E-state index is 2.26. The molecule has 0 unspecified atom stereocenters. The molecule has 0 aromatic heterocycles. The molecular formula is C44H36SiZr. The number of fused-ring (bicyclic) bond motifs is 2. The fourth-order valence-corrected chi connectivity index (χ4v) is 6.77. The topological polar surface area (TPSA) is 0 Å². The Bertz CT molecular complexity index is 1920. The average molecular weight is 684 g/mol. The third kappa shape index (κ3) is 8.46. The Balaban J connectivity index is 0.000000135. The van der Waals surface area contributed by atoms with Gasteiger partial charge in [-0.05, 0) is 11.1 Å². The van der Waals surface area contributed by atoms with Gasteiger partial charge in [-0.25, -0.2) is 0 Å². The van der Waals surface area contributed by atoms with E-state index in [-0.39, 0.29) is 26.2 Å². The molecule has 0 amide bonds. The van der Waals surface area contributed by atoms with Gasteiger partial charge in [0.15, 0.2) is 0 Å². The minimum Gasteiger partial charge on any atom is -0.165 e. The normalized spacial score (nSPS) is 10.3. The Kier molecular flexibility index (Phi) is 11.7. The first-order valence-corrected chi connectivity index (χ1v) is 16.4. The van der Waals surface area contributed by atoms with Crippen LogP contribution in [-0.4, -0.2) is 9.52 Å². The number of rotatable bonds is 4. The monoisotopic (exact) mass is 682 g/mol. The van der Waals surface area contributed by atoms with Gasteiger partial charge in [0, 0.05) is 0 Å². The summed E-state index contributed by atoms with van der Waals surface area (Å²) in [7, 11) is 0.777. The van der Waals surface area contributed by atoms with Crippen molar-refractivity contribution in [2.45, 2.75) is 13.8 Å². The molecule has 0 fully saturated rings. The quantitative estimate of drug-likeness (QED) is 0.128. The molecule has 46 heavy (non-hydrogen) atoms. The van der Waals surface area contributed by atoms with Gasteiger partial charge < -0.3 is 0 Å². The van der Waals surface area contributed by atoms with Crippen molar-refractivity contribution in [1.29, 1.82) is 0 Å². The first kappa shape index (κ1) is 33.0. The zero-order valence-electron chi connectivity index (χ0n) is 26.3. The molecule has 0 N–H and O–H groups in total. The second-order valence-electron chi connectivity index (χ2n) is 11.3. The van der Waals surface area contributed by atoms with Gasteiger partial charge in [0.25, 0.3) is 0 Å². The molecule has 0 bridgehead atoms. The van der Waals surface area contributed by atoms with E-state index in [1.54, 1.807) is 0 Å². The Morgan fingerprint density at radius 1 is 0.391 bits per heavy atom. The summed E-state index contributed by atoms with van der Waals surface area (Å²) in [6.45, 7) is 4.30. The zero-order valence-corrected chi connectivity index (χ0v) is 29.8. The van der Waals surface area contributed by atoms with Crippen LogP contribution < -0.4 is 10.4 Å². The number of hydrogen-bond acceptors (Lipinski definition) is 0. The van der Waals surface area contributed by atoms with E-state index in [0.29, 0.717) is 0 Å². The average Bonchev–Trinajstić information content (AvgIpc) is 3.68. The van der Waals surface area contributed by atoms with Gasteiger partial charge >= 0.3 is 26.2 Å². The Morgan fingerprint density at radius 2 is 0.739 bits per heavy atom. The van der Waals surface area contributed by atoms with Gasteiger partial charge in [0.2, 0.25) is 0 Å². The SMILES string of the molecule is Cc1cc2c(-c3ccccc3)cccc2[cH-]1.Cc1cc2c(-c3ccccc3)cccc2[cH-]1.[Zr+2].c1ccc([Si]c2ccccc2)cc1. The van der Waals surface area contributed by atoms with E-state index in [2.05, 4.69) is 196 Å². The van der Waals surface area contributed by atoms with Crippen molar-refractivity contribution in [3.8, 4) is 22.3 Å². The van der Waals surface area contributed by atoms with Crippen LogP contribution in [0.2, 0.25) is 0 Å². The van der Waals surface area contributed by atoms with Crippen molar-refractivity contribution in [1.82, 2.24) is 0 Å². The molecule has 0 atom stereocenters. The van der Waals surface area contributed by atoms with E-state index in [4.69, 9.17) is 0 Å². The second kappa shape index (κ2) is 16.3. The molecule has 8 aromatic rings. The van der Waals surface area contributed by atoms with Crippen molar-refractivity contribution in [3.63, 3.8) is 0 Å². The fourth-order valence-electron chi connectivity index (χ4n) is 5.72. The predicted octanol–water partition coefficient (Wildman–Crippen LogP) is 10.4. The predicted molar refractivity (Wildman–Crippen MR) is 197 cm³/mol. The molecule has 0 saturated carbocycles. The van der Waals surface area contributed by atoms with Crippen LogP contribution in [0.4, 0.5) is 0 Å². The summed E-state index contributed by atoms with van der Waals surface area (Å²) < 4.78 is 0. The number of hydrogen-bond donors (Lipinski definition) is 0. The molecule has 0 aliphatic rings. The Hall–Kier alpha value is -4.36. The van der Waals surface area contributed by atoms with Crippen molar-refractivity contribution in [3.05, 3.63) is 193 Å². The van der Waals surface area contributed by atoms with Crippen LogP contribution in [-0.2, 0) is 26.2 Å². The Morgan fingerprint density at radius 3 is 1.11 bits per heavy atom. The molecular weight excluding hydrogens is 648 g/mol. The van der Waals surface area contributed by atoms with Gasteiger partial charge in [-0.2, -0.15) is 12.1 Å². The number of benzene rings is 6. The molecule has 0 heterocycles. The molecule has 0 nitrogen and oxygen atoms in total. The minimum absolute atomic E-state index is 0. The third-order valence-corrected chi connectivity index (χ3v) is 9.04. The van der Waals surface area contributed by atoms with E-state index in [0.717, 1.165) is 9.52 Å². The first-order valence-electron chi connectivity index (χ1n) is 15.4. The van der Waals surface area contributed by atoms with Gasteiger partial charge in [0.05, 0.1) is 0 Å². The summed E-state index contributed by atoms with van der Waals surface area (Å²) >= 11 is 0. The maximum absolute atomic E-state index is 2.26. The maximum Gasteiger partial charge on any atom is 2.00 e. The van der Waals surface area contributed by atoms with Gasteiger partial charge in [-0.3, -0.25) is 0 Å². The molecule has 2 heteroatoms. The van der Waals surface area contributed by atoms with E-state index in [1.165, 1.54) is 65.3 Å². The van der Waals surface area contributed by atoms with Crippen LogP contribution in [0, 0.1) is 13.8 Å². The molecule has 0 aliphatic carbocycles. The van der Waals surface area contributed by atoms with Crippen LogP contribution in [0.25, 0.3) is 43.8 Å². The largest absolute Gasteiger partial charge is 2.00 e. The molecule has 0 saturated heterocycles. The third-order valence-electron chi connectivity index (χ3n) is 7.80. The standard InChI is InChI=1S/2C16H13.C12H10Si.Zr/c2*1-12-10-14-8-5-9-15(16(14)11-12)13-6-3-2-4-7-13;1-3-7-11(8-4-1)13-12-9-5-2-6-10-12;/h2*2-11H,1H3;1-10H;/q2*-1;;+2. The molecule has 0 spiro atoms. The summed E-state index contributed by atoms with van der Waals surface area (Å²) in [5.74, 6) is 0. The summed E-state index contributed by atoms with van der Waals surface area (Å²) in [5, 5.41) is 8.16. The Labute approximate surface area is 295 Å². The molecule has 8 rings (SSSR count). The smallest absolute Gasteiger partial charge is 0.165 e. The van der Waals surface area contributed by atoms with E-state index in [1.807, 2.05) is 0 Å². The summed E-state index contributed by atoms with van der Waals surface area (Å²) in [6, 6.07) is 64.3. The van der Waals surface area contributed by atoms with E-state index < -0.39 is 0 Å². The van der Waals surface area contributed by atoms with Crippen LogP contribution in [0.1, 0.15) is 11.1 Å². The van der Waals surface area contributed by atoms with Gasteiger partial charge in [0.1, 0.15) is 9.52 Å². The van der Waals surface area contributed by atoms with Crippen LogP contribution in [0.5, 0.6) is 0 Å². The second-order valence-corrected chi connectivity index (χ2v) is 12.7. The summed E-state index contributed by atoms with van der Waals surface area (Å²) in [5.41, 5.74) is 7.89. The summed E-state index contributed by atoms with van der Waals surface area (Å²) in [4.78, 5) is 0. The van der Waals surface area contributed by atoms with Crippen LogP contribution >= 0.6 is 0 Å². The molecule has 2 radical (unpaired) electrons. The van der Waals surface area contributed by atoms with Crippen molar-refractivity contribution in [2.75, 3.05) is 0 Å². The summed E-state index contributed by atoms with van der Waals surface area (Å²) in [6.07, 6.45) is 0. The number of aryl methyl sites for hydroxylation is 2. The van der Waals surface area contributed by atoms with Crippen molar-refractivity contribution in [2.24, 2.45) is 0 Å². The molecule has 8 aromatic carbocycles. The molecule has 0 aliphatic heterocycles.